The Morgan fingerprint density at radius 1 is 1.65 bits per heavy atom. The molecule has 2 aromatic rings. The Bertz CT molecular complexity index is 538. The van der Waals surface area contributed by atoms with Gasteiger partial charge in [-0.3, -0.25) is 4.79 Å². The fourth-order valence-corrected chi connectivity index (χ4v) is 2.31. The van der Waals surface area contributed by atoms with Crippen LogP contribution in [0.25, 0.3) is 10.6 Å². The summed E-state index contributed by atoms with van der Waals surface area (Å²) in [6, 6.07) is 5.40. The Morgan fingerprint density at radius 2 is 2.50 bits per heavy atom. The summed E-state index contributed by atoms with van der Waals surface area (Å²) in [5.74, 6) is 0.255. The molecule has 6 nitrogen and oxygen atoms in total. The number of nitrogens with one attached hydrogen (secondary N) is 1. The lowest BCUT2D eigenvalue weighted by molar-refractivity contribution is 0.0587. The molecule has 1 amide bonds. The van der Waals surface area contributed by atoms with Crippen molar-refractivity contribution in [1.82, 2.24) is 10.5 Å². The zero-order valence-corrected chi connectivity index (χ0v) is 11.9. The number of nitrogens with zero attached hydrogens (tertiary/aromatic N) is 1. The first kappa shape index (κ1) is 14.7. The molecule has 2 heterocycles. The smallest absolute Gasteiger partial charge is 0.273 e. The summed E-state index contributed by atoms with van der Waals surface area (Å²) < 4.78 is 9.93. The Labute approximate surface area is 120 Å². The molecular weight excluding hydrogens is 280 g/mol. The van der Waals surface area contributed by atoms with Crippen molar-refractivity contribution in [1.29, 1.82) is 0 Å². The highest BCUT2D eigenvalue weighted by molar-refractivity contribution is 7.13. The van der Waals surface area contributed by atoms with E-state index in [4.69, 9.17) is 9.26 Å². The van der Waals surface area contributed by atoms with Crippen LogP contribution in [0.5, 0.6) is 0 Å². The van der Waals surface area contributed by atoms with E-state index in [2.05, 4.69) is 10.5 Å². The second-order valence-electron chi connectivity index (χ2n) is 4.21. The Hall–Kier alpha value is -1.70. The summed E-state index contributed by atoms with van der Waals surface area (Å²) in [5.41, 5.74) is 0.231. The van der Waals surface area contributed by atoms with Crippen LogP contribution in [-0.2, 0) is 4.74 Å². The van der Waals surface area contributed by atoms with Crippen molar-refractivity contribution < 1.29 is 19.2 Å². The minimum Gasteiger partial charge on any atom is -0.391 e. The molecule has 1 atom stereocenters. The lowest BCUT2D eigenvalue weighted by Crippen LogP contribution is -2.28. The molecule has 108 valence electrons. The third kappa shape index (κ3) is 3.89. The molecule has 7 heteroatoms. The van der Waals surface area contributed by atoms with Gasteiger partial charge in [-0.15, -0.1) is 11.3 Å². The zero-order chi connectivity index (χ0) is 14.4. The van der Waals surface area contributed by atoms with Crippen molar-refractivity contribution in [2.45, 2.75) is 12.5 Å². The number of carbonyl (C=O) groups is 1. The summed E-state index contributed by atoms with van der Waals surface area (Å²) >= 11 is 1.52. The van der Waals surface area contributed by atoms with Crippen LogP contribution < -0.4 is 5.32 Å². The van der Waals surface area contributed by atoms with Crippen molar-refractivity contribution in [3.63, 3.8) is 0 Å². The fourth-order valence-electron chi connectivity index (χ4n) is 1.64. The maximum Gasteiger partial charge on any atom is 0.273 e. The summed E-state index contributed by atoms with van der Waals surface area (Å²) in [6.45, 7) is 0.604. The molecule has 0 saturated heterocycles. The Kier molecular flexibility index (Phi) is 5.28. The lowest BCUT2D eigenvalue weighted by atomic mass is 10.2. The summed E-state index contributed by atoms with van der Waals surface area (Å²) in [6.07, 6.45) is -0.158. The number of hydrogen-bond donors (Lipinski definition) is 2. The molecule has 0 aliphatic rings. The van der Waals surface area contributed by atoms with Gasteiger partial charge in [0.05, 0.1) is 17.6 Å². The molecule has 0 fully saturated rings. The second-order valence-corrected chi connectivity index (χ2v) is 5.16. The quantitative estimate of drug-likeness (QED) is 0.809. The molecule has 0 bridgehead atoms. The molecule has 2 N–H and O–H groups in total. The molecule has 0 aliphatic carbocycles. The van der Waals surface area contributed by atoms with E-state index in [1.54, 1.807) is 6.07 Å². The lowest BCUT2D eigenvalue weighted by Gasteiger charge is -2.09. The summed E-state index contributed by atoms with van der Waals surface area (Å²) in [7, 11) is 1.52. The summed E-state index contributed by atoms with van der Waals surface area (Å²) in [4.78, 5) is 12.7. The fraction of sp³-hybridized carbons (Fsp3) is 0.385. The van der Waals surface area contributed by atoms with Gasteiger partial charge in [-0.1, -0.05) is 11.2 Å². The molecule has 0 aromatic carbocycles. The van der Waals surface area contributed by atoms with E-state index in [-0.39, 0.29) is 18.2 Å². The number of aromatic nitrogens is 1. The zero-order valence-electron chi connectivity index (χ0n) is 11.0. The SMILES string of the molecule is COCC(O)CCNC(=O)c1cc(-c2cccs2)on1. The summed E-state index contributed by atoms with van der Waals surface area (Å²) in [5, 5.41) is 17.8. The molecule has 0 aliphatic heterocycles. The van der Waals surface area contributed by atoms with Crippen molar-refractivity contribution in [2.24, 2.45) is 0 Å². The van der Waals surface area contributed by atoms with Gasteiger partial charge in [0, 0.05) is 19.7 Å². The van der Waals surface area contributed by atoms with E-state index in [0.29, 0.717) is 18.7 Å². The van der Waals surface area contributed by atoms with Gasteiger partial charge in [-0.2, -0.15) is 0 Å². The highest BCUT2D eigenvalue weighted by Crippen LogP contribution is 2.24. The van der Waals surface area contributed by atoms with Gasteiger partial charge in [-0.25, -0.2) is 0 Å². The Morgan fingerprint density at radius 3 is 3.20 bits per heavy atom. The van der Waals surface area contributed by atoms with Crippen molar-refractivity contribution in [3.8, 4) is 10.6 Å². The topological polar surface area (TPSA) is 84.6 Å². The number of carbonyl (C=O) groups excluding carboxylic acids is 1. The predicted octanol–water partition coefficient (Wildman–Crippen LogP) is 1.53. The number of thiophene rings is 1. The molecular formula is C13H16N2O4S. The van der Waals surface area contributed by atoms with Crippen LogP contribution in [0, 0.1) is 0 Å². The van der Waals surface area contributed by atoms with Gasteiger partial charge < -0.3 is 19.7 Å². The third-order valence-corrected chi connectivity index (χ3v) is 3.51. The predicted molar refractivity (Wildman–Crippen MR) is 74.6 cm³/mol. The number of hydrogen-bond acceptors (Lipinski definition) is 6. The number of amides is 1. The molecule has 1 unspecified atom stereocenters. The molecule has 0 spiro atoms. The van der Waals surface area contributed by atoms with Crippen molar-refractivity contribution >= 4 is 17.2 Å². The highest BCUT2D eigenvalue weighted by Gasteiger charge is 2.14. The number of aliphatic hydroxyl groups is 1. The average Bonchev–Trinajstić information content (AvgIpc) is 3.10. The molecule has 0 radical (unpaired) electrons. The first-order chi connectivity index (χ1) is 9.70. The highest BCUT2D eigenvalue weighted by atomic mass is 32.1. The van der Waals surface area contributed by atoms with Crippen LogP contribution in [0.2, 0.25) is 0 Å². The van der Waals surface area contributed by atoms with Crippen LogP contribution in [0.1, 0.15) is 16.9 Å². The average molecular weight is 296 g/mol. The number of rotatable bonds is 7. The van der Waals surface area contributed by atoms with Gasteiger partial charge >= 0.3 is 0 Å². The Balaban J connectivity index is 1.84. The first-order valence-corrected chi connectivity index (χ1v) is 7.04. The van der Waals surface area contributed by atoms with Crippen LogP contribution in [-0.4, -0.2) is 42.5 Å². The number of methoxy groups -OCH3 is 1. The maximum absolute atomic E-state index is 11.8. The van der Waals surface area contributed by atoms with E-state index in [1.165, 1.54) is 18.4 Å². The van der Waals surface area contributed by atoms with Gasteiger partial charge in [-0.05, 0) is 17.9 Å². The largest absolute Gasteiger partial charge is 0.391 e. The number of aliphatic hydroxyl groups excluding tert-OH is 1. The second kappa shape index (κ2) is 7.18. The van der Waals surface area contributed by atoms with Crippen LogP contribution in [0.4, 0.5) is 0 Å². The van der Waals surface area contributed by atoms with E-state index in [1.807, 2.05) is 17.5 Å². The van der Waals surface area contributed by atoms with Crippen molar-refractivity contribution in [2.75, 3.05) is 20.3 Å². The van der Waals surface area contributed by atoms with E-state index in [9.17, 15) is 9.90 Å². The molecule has 20 heavy (non-hydrogen) atoms. The van der Waals surface area contributed by atoms with E-state index in [0.717, 1.165) is 4.88 Å². The minimum absolute atomic E-state index is 0.231. The first-order valence-electron chi connectivity index (χ1n) is 6.16. The standard InChI is InChI=1S/C13H16N2O4S/c1-18-8-9(16)4-5-14-13(17)10-7-11(19-15-10)12-3-2-6-20-12/h2-3,6-7,9,16H,4-5,8H2,1H3,(H,14,17). The van der Waals surface area contributed by atoms with Gasteiger partial charge in [0.15, 0.2) is 11.5 Å². The van der Waals surface area contributed by atoms with E-state index >= 15 is 0 Å². The minimum atomic E-state index is -0.584. The third-order valence-electron chi connectivity index (χ3n) is 2.63. The normalized spacial score (nSPS) is 12.3. The van der Waals surface area contributed by atoms with Gasteiger partial charge in [0.25, 0.3) is 5.91 Å². The van der Waals surface area contributed by atoms with Crippen LogP contribution >= 0.6 is 11.3 Å². The van der Waals surface area contributed by atoms with Gasteiger partial charge in [0.2, 0.25) is 0 Å². The van der Waals surface area contributed by atoms with Gasteiger partial charge in [0.1, 0.15) is 0 Å². The van der Waals surface area contributed by atoms with E-state index < -0.39 is 6.10 Å². The number of ether oxygens (including phenoxy) is 1. The van der Waals surface area contributed by atoms with Crippen molar-refractivity contribution in [3.05, 3.63) is 29.3 Å². The monoisotopic (exact) mass is 296 g/mol. The molecule has 2 rings (SSSR count). The van der Waals surface area contributed by atoms with Crippen LogP contribution in [0.3, 0.4) is 0 Å². The van der Waals surface area contributed by atoms with Crippen LogP contribution in [0.15, 0.2) is 28.1 Å². The maximum atomic E-state index is 11.8. The molecule has 2 aromatic heterocycles. The molecule has 0 saturated carbocycles.